The van der Waals surface area contributed by atoms with Crippen LogP contribution in [0.5, 0.6) is 0 Å². The highest BCUT2D eigenvalue weighted by atomic mass is 35.5. The summed E-state index contributed by atoms with van der Waals surface area (Å²) in [6.45, 7) is 7.67. The van der Waals surface area contributed by atoms with Crippen LogP contribution in [0.15, 0.2) is 6.33 Å². The van der Waals surface area contributed by atoms with E-state index in [2.05, 4.69) is 19.8 Å². The molecule has 0 unspecified atom stereocenters. The topological polar surface area (TPSA) is 78.5 Å². The van der Waals surface area contributed by atoms with Crippen molar-refractivity contribution in [2.45, 2.75) is 19.4 Å². The Hall–Kier alpha value is -1.11. The van der Waals surface area contributed by atoms with Crippen LogP contribution in [0.2, 0.25) is 5.15 Å². The third-order valence-electron chi connectivity index (χ3n) is 3.10. The molecule has 19 heavy (non-hydrogen) atoms. The van der Waals surface area contributed by atoms with E-state index >= 15 is 0 Å². The minimum absolute atomic E-state index is 0.295. The van der Waals surface area contributed by atoms with E-state index in [4.69, 9.17) is 17.3 Å². The van der Waals surface area contributed by atoms with E-state index in [0.29, 0.717) is 23.2 Å². The Morgan fingerprint density at radius 2 is 1.95 bits per heavy atom. The molecule has 0 bridgehead atoms. The normalized spacial score (nSPS) is 17.8. The Morgan fingerprint density at radius 3 is 2.53 bits per heavy atom. The molecule has 1 aliphatic heterocycles. The maximum absolute atomic E-state index is 9.82. The Bertz CT molecular complexity index is 440. The molecule has 1 saturated heterocycles. The lowest BCUT2D eigenvalue weighted by atomic mass is 10.1. The molecule has 106 valence electrons. The van der Waals surface area contributed by atoms with Gasteiger partial charge < -0.3 is 15.7 Å². The predicted octanol–water partition coefficient (Wildman–Crippen LogP) is 0.605. The number of halogens is 1. The first kappa shape index (κ1) is 14.3. The van der Waals surface area contributed by atoms with Crippen molar-refractivity contribution in [2.75, 3.05) is 43.4 Å². The van der Waals surface area contributed by atoms with E-state index in [0.717, 1.165) is 26.2 Å². The van der Waals surface area contributed by atoms with E-state index in [1.807, 2.05) is 13.8 Å². The van der Waals surface area contributed by atoms with Crippen molar-refractivity contribution < 1.29 is 5.11 Å². The van der Waals surface area contributed by atoms with Crippen LogP contribution < -0.4 is 10.6 Å². The average Bonchev–Trinajstić information content (AvgIpc) is 2.32. The van der Waals surface area contributed by atoms with Crippen LogP contribution in [0.25, 0.3) is 0 Å². The van der Waals surface area contributed by atoms with Crippen molar-refractivity contribution in [3.8, 4) is 0 Å². The highest BCUT2D eigenvalue weighted by Gasteiger charge is 2.24. The number of aliphatic hydroxyl groups is 1. The number of anilines is 2. The van der Waals surface area contributed by atoms with Gasteiger partial charge in [0.25, 0.3) is 0 Å². The SMILES string of the molecule is CC(C)(O)CN1CCN(c2ncnc(Cl)c2N)CC1. The van der Waals surface area contributed by atoms with Crippen molar-refractivity contribution in [1.29, 1.82) is 0 Å². The summed E-state index contributed by atoms with van der Waals surface area (Å²) >= 11 is 5.90. The molecule has 0 atom stereocenters. The number of rotatable bonds is 3. The minimum atomic E-state index is -0.667. The molecule has 1 aromatic rings. The molecule has 0 spiro atoms. The number of β-amino-alcohol motifs (C(OH)–C–C–N with tert-alkyl or cyclic N) is 1. The Balaban J connectivity index is 1.98. The fourth-order valence-electron chi connectivity index (χ4n) is 2.28. The second-order valence-electron chi connectivity index (χ2n) is 5.48. The quantitative estimate of drug-likeness (QED) is 0.792. The number of nitrogen functional groups attached to an aromatic ring is 1. The Morgan fingerprint density at radius 1 is 1.32 bits per heavy atom. The summed E-state index contributed by atoms with van der Waals surface area (Å²) in [6.07, 6.45) is 1.43. The lowest BCUT2D eigenvalue weighted by Gasteiger charge is -2.38. The summed E-state index contributed by atoms with van der Waals surface area (Å²) in [5.74, 6) is 0.697. The smallest absolute Gasteiger partial charge is 0.157 e. The number of piperazine rings is 1. The lowest BCUT2D eigenvalue weighted by molar-refractivity contribution is 0.0345. The third kappa shape index (κ3) is 3.68. The molecule has 1 fully saturated rings. The van der Waals surface area contributed by atoms with Gasteiger partial charge in [-0.3, -0.25) is 4.90 Å². The summed E-state index contributed by atoms with van der Waals surface area (Å²) in [5.41, 5.74) is 5.66. The van der Waals surface area contributed by atoms with Crippen molar-refractivity contribution in [1.82, 2.24) is 14.9 Å². The van der Waals surface area contributed by atoms with Crippen molar-refractivity contribution in [2.24, 2.45) is 0 Å². The van der Waals surface area contributed by atoms with Gasteiger partial charge in [0, 0.05) is 32.7 Å². The molecule has 1 aliphatic rings. The summed E-state index contributed by atoms with van der Waals surface area (Å²) in [6, 6.07) is 0. The molecule has 0 amide bonds. The molecular weight excluding hydrogens is 266 g/mol. The first-order valence-corrected chi connectivity index (χ1v) is 6.70. The van der Waals surface area contributed by atoms with Crippen molar-refractivity contribution >= 4 is 23.1 Å². The first-order valence-electron chi connectivity index (χ1n) is 6.32. The fraction of sp³-hybridized carbons (Fsp3) is 0.667. The highest BCUT2D eigenvalue weighted by Crippen LogP contribution is 2.26. The first-order chi connectivity index (χ1) is 8.87. The van der Waals surface area contributed by atoms with Gasteiger partial charge in [-0.05, 0) is 13.8 Å². The number of aromatic nitrogens is 2. The third-order valence-corrected chi connectivity index (χ3v) is 3.40. The van der Waals surface area contributed by atoms with Crippen LogP contribution in [-0.2, 0) is 0 Å². The van der Waals surface area contributed by atoms with E-state index in [9.17, 15) is 5.11 Å². The Labute approximate surface area is 118 Å². The van der Waals surface area contributed by atoms with Gasteiger partial charge in [0.1, 0.15) is 12.0 Å². The molecule has 3 N–H and O–H groups in total. The van der Waals surface area contributed by atoms with Crippen molar-refractivity contribution in [3.63, 3.8) is 0 Å². The lowest BCUT2D eigenvalue weighted by Crippen LogP contribution is -2.50. The summed E-state index contributed by atoms with van der Waals surface area (Å²) in [7, 11) is 0. The zero-order valence-corrected chi connectivity index (χ0v) is 12.1. The van der Waals surface area contributed by atoms with E-state index in [1.165, 1.54) is 6.33 Å². The van der Waals surface area contributed by atoms with Gasteiger partial charge in [-0.25, -0.2) is 9.97 Å². The van der Waals surface area contributed by atoms with Gasteiger partial charge in [-0.2, -0.15) is 0 Å². The average molecular weight is 286 g/mol. The minimum Gasteiger partial charge on any atom is -0.393 e. The van der Waals surface area contributed by atoms with E-state index < -0.39 is 5.60 Å². The number of hydrogen-bond acceptors (Lipinski definition) is 6. The standard InChI is InChI=1S/C12H20ClN5O/c1-12(2,19)7-17-3-5-18(6-4-17)11-9(14)10(13)15-8-16-11/h8,19H,3-7,14H2,1-2H3. The van der Waals surface area contributed by atoms with Gasteiger partial charge in [0.15, 0.2) is 11.0 Å². The number of hydrogen-bond donors (Lipinski definition) is 2. The van der Waals surface area contributed by atoms with Gasteiger partial charge in [-0.1, -0.05) is 11.6 Å². The molecule has 0 saturated carbocycles. The number of nitrogens with zero attached hydrogens (tertiary/aromatic N) is 4. The van der Waals surface area contributed by atoms with E-state index in [1.54, 1.807) is 0 Å². The predicted molar refractivity (Wildman–Crippen MR) is 76.4 cm³/mol. The van der Waals surface area contributed by atoms with Crippen molar-refractivity contribution in [3.05, 3.63) is 11.5 Å². The van der Waals surface area contributed by atoms with Gasteiger partial charge in [-0.15, -0.1) is 0 Å². The number of nitrogens with two attached hydrogens (primary N) is 1. The van der Waals surface area contributed by atoms with Crippen LogP contribution in [0.1, 0.15) is 13.8 Å². The summed E-state index contributed by atoms with van der Waals surface area (Å²) in [4.78, 5) is 12.4. The Kier molecular flexibility index (Phi) is 4.13. The molecule has 2 rings (SSSR count). The molecule has 7 heteroatoms. The summed E-state index contributed by atoms with van der Waals surface area (Å²) < 4.78 is 0. The summed E-state index contributed by atoms with van der Waals surface area (Å²) in [5, 5.41) is 10.1. The maximum Gasteiger partial charge on any atom is 0.157 e. The van der Waals surface area contributed by atoms with Crippen LogP contribution >= 0.6 is 11.6 Å². The molecule has 0 aliphatic carbocycles. The van der Waals surface area contributed by atoms with Crippen LogP contribution in [0.4, 0.5) is 11.5 Å². The van der Waals surface area contributed by atoms with Crippen LogP contribution in [0.3, 0.4) is 0 Å². The maximum atomic E-state index is 9.82. The monoisotopic (exact) mass is 285 g/mol. The molecular formula is C12H20ClN5O. The van der Waals surface area contributed by atoms with Gasteiger partial charge in [0.05, 0.1) is 5.60 Å². The molecule has 0 radical (unpaired) electrons. The molecule has 2 heterocycles. The molecule has 6 nitrogen and oxygen atoms in total. The van der Waals surface area contributed by atoms with Crippen LogP contribution in [0, 0.1) is 0 Å². The highest BCUT2D eigenvalue weighted by molar-refractivity contribution is 6.32. The second kappa shape index (κ2) is 5.48. The zero-order chi connectivity index (χ0) is 14.0. The zero-order valence-electron chi connectivity index (χ0n) is 11.3. The van der Waals surface area contributed by atoms with Gasteiger partial charge in [0.2, 0.25) is 0 Å². The largest absolute Gasteiger partial charge is 0.393 e. The molecule has 0 aromatic carbocycles. The molecule has 1 aromatic heterocycles. The van der Waals surface area contributed by atoms with E-state index in [-0.39, 0.29) is 0 Å². The van der Waals surface area contributed by atoms with Crippen LogP contribution in [-0.4, -0.2) is 58.3 Å². The second-order valence-corrected chi connectivity index (χ2v) is 5.84. The fourth-order valence-corrected chi connectivity index (χ4v) is 2.41. The van der Waals surface area contributed by atoms with Gasteiger partial charge >= 0.3 is 0 Å².